The summed E-state index contributed by atoms with van der Waals surface area (Å²) in [5, 5.41) is 3.65. The van der Waals surface area contributed by atoms with Gasteiger partial charge in [-0.3, -0.25) is 0 Å². The number of hydrogen-bond acceptors (Lipinski definition) is 5. The zero-order valence-corrected chi connectivity index (χ0v) is 11.0. The standard InChI is InChI=1S/C14H18N2O3/c1-2-17-13-5-3-4-11(6-8-15)14(13)18-10-12-7-9-16-19-12/h3-5,7,9H,2,6,8,10,15H2,1H3. The van der Waals surface area contributed by atoms with Crippen molar-refractivity contribution in [3.63, 3.8) is 0 Å². The fourth-order valence-electron chi connectivity index (χ4n) is 1.81. The van der Waals surface area contributed by atoms with Gasteiger partial charge in [0, 0.05) is 6.07 Å². The largest absolute Gasteiger partial charge is 0.490 e. The van der Waals surface area contributed by atoms with Crippen LogP contribution < -0.4 is 15.2 Å². The molecular formula is C14H18N2O3. The summed E-state index contributed by atoms with van der Waals surface area (Å²) < 4.78 is 16.4. The average molecular weight is 262 g/mol. The van der Waals surface area contributed by atoms with Crippen molar-refractivity contribution in [3.05, 3.63) is 41.8 Å². The Morgan fingerprint density at radius 3 is 2.84 bits per heavy atom. The summed E-state index contributed by atoms with van der Waals surface area (Å²) in [6.45, 7) is 3.41. The highest BCUT2D eigenvalue weighted by atomic mass is 16.5. The Hall–Kier alpha value is -2.01. The van der Waals surface area contributed by atoms with E-state index in [1.807, 2.05) is 25.1 Å². The van der Waals surface area contributed by atoms with E-state index in [1.165, 1.54) is 0 Å². The van der Waals surface area contributed by atoms with E-state index in [0.29, 0.717) is 25.5 Å². The smallest absolute Gasteiger partial charge is 0.174 e. The van der Waals surface area contributed by atoms with Gasteiger partial charge in [-0.2, -0.15) is 0 Å². The molecule has 0 fully saturated rings. The van der Waals surface area contributed by atoms with Gasteiger partial charge < -0.3 is 19.7 Å². The number of ether oxygens (including phenoxy) is 2. The summed E-state index contributed by atoms with van der Waals surface area (Å²) in [5.74, 6) is 2.13. The molecule has 19 heavy (non-hydrogen) atoms. The molecule has 0 radical (unpaired) electrons. The lowest BCUT2D eigenvalue weighted by Crippen LogP contribution is -2.07. The Kier molecular flexibility index (Phi) is 4.80. The number of hydrogen-bond donors (Lipinski definition) is 1. The lowest BCUT2D eigenvalue weighted by atomic mass is 10.1. The summed E-state index contributed by atoms with van der Waals surface area (Å²) >= 11 is 0. The van der Waals surface area contributed by atoms with E-state index in [-0.39, 0.29) is 0 Å². The van der Waals surface area contributed by atoms with Crippen LogP contribution in [0.4, 0.5) is 0 Å². The molecule has 0 amide bonds. The summed E-state index contributed by atoms with van der Waals surface area (Å²) in [5.41, 5.74) is 6.65. The topological polar surface area (TPSA) is 70.5 Å². The molecule has 1 aromatic heterocycles. The average Bonchev–Trinajstić information content (AvgIpc) is 2.92. The van der Waals surface area contributed by atoms with Crippen LogP contribution >= 0.6 is 0 Å². The minimum atomic E-state index is 0.321. The van der Waals surface area contributed by atoms with E-state index in [2.05, 4.69) is 5.16 Å². The predicted octanol–water partition coefficient (Wildman–Crippen LogP) is 2.15. The molecule has 0 saturated carbocycles. The fourth-order valence-corrected chi connectivity index (χ4v) is 1.81. The number of benzene rings is 1. The molecule has 0 unspecified atom stereocenters. The third-order valence-corrected chi connectivity index (χ3v) is 2.62. The normalized spacial score (nSPS) is 10.4. The molecule has 0 aliphatic rings. The number of nitrogens with two attached hydrogens (primary N) is 1. The first kappa shape index (κ1) is 13.4. The van der Waals surface area contributed by atoms with Crippen LogP contribution in [0.15, 0.2) is 35.0 Å². The van der Waals surface area contributed by atoms with Crippen LogP contribution in [0.25, 0.3) is 0 Å². The van der Waals surface area contributed by atoms with E-state index in [1.54, 1.807) is 12.3 Å². The third kappa shape index (κ3) is 3.48. The Bertz CT molecular complexity index is 473. The van der Waals surface area contributed by atoms with E-state index < -0.39 is 0 Å². The number of aromatic nitrogens is 1. The summed E-state index contributed by atoms with van der Waals surface area (Å²) in [6, 6.07) is 7.59. The van der Waals surface area contributed by atoms with Crippen LogP contribution in [0.3, 0.4) is 0 Å². The molecule has 2 rings (SSSR count). The number of nitrogens with zero attached hydrogens (tertiary/aromatic N) is 1. The first-order valence-corrected chi connectivity index (χ1v) is 6.32. The van der Waals surface area contributed by atoms with Crippen molar-refractivity contribution in [1.82, 2.24) is 5.16 Å². The highest BCUT2D eigenvalue weighted by Gasteiger charge is 2.11. The van der Waals surface area contributed by atoms with Gasteiger partial charge in [-0.05, 0) is 31.5 Å². The second-order valence-electron chi connectivity index (χ2n) is 3.98. The summed E-state index contributed by atoms with van der Waals surface area (Å²) in [4.78, 5) is 0. The van der Waals surface area contributed by atoms with E-state index in [4.69, 9.17) is 19.7 Å². The van der Waals surface area contributed by atoms with E-state index >= 15 is 0 Å². The Morgan fingerprint density at radius 2 is 2.16 bits per heavy atom. The van der Waals surface area contributed by atoms with Crippen molar-refractivity contribution < 1.29 is 14.0 Å². The van der Waals surface area contributed by atoms with Gasteiger partial charge in [-0.25, -0.2) is 0 Å². The maximum absolute atomic E-state index is 5.80. The lowest BCUT2D eigenvalue weighted by molar-refractivity contribution is 0.231. The molecule has 0 aliphatic heterocycles. The second kappa shape index (κ2) is 6.80. The monoisotopic (exact) mass is 262 g/mol. The fraction of sp³-hybridized carbons (Fsp3) is 0.357. The molecule has 0 saturated heterocycles. The van der Waals surface area contributed by atoms with Gasteiger partial charge in [-0.1, -0.05) is 17.3 Å². The number of rotatable bonds is 7. The lowest BCUT2D eigenvalue weighted by Gasteiger charge is -2.14. The minimum absolute atomic E-state index is 0.321. The molecule has 0 aliphatic carbocycles. The molecule has 0 atom stereocenters. The Labute approximate surface area is 112 Å². The highest BCUT2D eigenvalue weighted by molar-refractivity contribution is 5.46. The molecule has 102 valence electrons. The van der Waals surface area contributed by atoms with Crippen molar-refractivity contribution in [2.24, 2.45) is 5.73 Å². The summed E-state index contributed by atoms with van der Waals surface area (Å²) in [6.07, 6.45) is 2.33. The van der Waals surface area contributed by atoms with Crippen molar-refractivity contribution in [2.45, 2.75) is 20.0 Å². The van der Waals surface area contributed by atoms with E-state index in [9.17, 15) is 0 Å². The zero-order valence-electron chi connectivity index (χ0n) is 11.0. The van der Waals surface area contributed by atoms with Gasteiger partial charge >= 0.3 is 0 Å². The Balaban J connectivity index is 2.18. The van der Waals surface area contributed by atoms with Crippen LogP contribution in [-0.2, 0) is 13.0 Å². The zero-order chi connectivity index (χ0) is 13.5. The van der Waals surface area contributed by atoms with Gasteiger partial charge in [0.25, 0.3) is 0 Å². The molecule has 2 N–H and O–H groups in total. The van der Waals surface area contributed by atoms with Crippen molar-refractivity contribution in [2.75, 3.05) is 13.2 Å². The number of para-hydroxylation sites is 1. The minimum Gasteiger partial charge on any atom is -0.490 e. The third-order valence-electron chi connectivity index (χ3n) is 2.62. The van der Waals surface area contributed by atoms with Crippen molar-refractivity contribution >= 4 is 0 Å². The SMILES string of the molecule is CCOc1cccc(CCN)c1OCc1ccno1. The molecule has 5 heteroatoms. The first-order valence-electron chi connectivity index (χ1n) is 6.32. The summed E-state index contributed by atoms with van der Waals surface area (Å²) in [7, 11) is 0. The molecule has 1 heterocycles. The molecule has 0 bridgehead atoms. The maximum Gasteiger partial charge on any atom is 0.174 e. The second-order valence-corrected chi connectivity index (χ2v) is 3.98. The van der Waals surface area contributed by atoms with Crippen LogP contribution in [-0.4, -0.2) is 18.3 Å². The van der Waals surface area contributed by atoms with Gasteiger partial charge in [-0.15, -0.1) is 0 Å². The van der Waals surface area contributed by atoms with Gasteiger partial charge in [0.15, 0.2) is 17.3 Å². The molecule has 1 aromatic carbocycles. The van der Waals surface area contributed by atoms with Crippen LogP contribution in [0.1, 0.15) is 18.2 Å². The van der Waals surface area contributed by atoms with Gasteiger partial charge in [0.05, 0.1) is 12.8 Å². The highest BCUT2D eigenvalue weighted by Crippen LogP contribution is 2.32. The molecule has 2 aromatic rings. The molecule has 0 spiro atoms. The van der Waals surface area contributed by atoms with Crippen molar-refractivity contribution in [1.29, 1.82) is 0 Å². The van der Waals surface area contributed by atoms with Gasteiger partial charge in [0.2, 0.25) is 0 Å². The molecular weight excluding hydrogens is 244 g/mol. The van der Waals surface area contributed by atoms with E-state index in [0.717, 1.165) is 23.5 Å². The van der Waals surface area contributed by atoms with Crippen LogP contribution in [0.2, 0.25) is 0 Å². The Morgan fingerprint density at radius 1 is 1.26 bits per heavy atom. The van der Waals surface area contributed by atoms with Gasteiger partial charge in [0.1, 0.15) is 6.61 Å². The van der Waals surface area contributed by atoms with Crippen LogP contribution in [0, 0.1) is 0 Å². The maximum atomic E-state index is 5.80. The van der Waals surface area contributed by atoms with Crippen LogP contribution in [0.5, 0.6) is 11.5 Å². The van der Waals surface area contributed by atoms with Crippen molar-refractivity contribution in [3.8, 4) is 11.5 Å². The molecule has 5 nitrogen and oxygen atoms in total. The first-order chi connectivity index (χ1) is 9.35. The predicted molar refractivity (Wildman–Crippen MR) is 71.2 cm³/mol. The quantitative estimate of drug-likeness (QED) is 0.828.